The van der Waals surface area contributed by atoms with Gasteiger partial charge in [0.05, 0.1) is 12.2 Å². The molecule has 1 aliphatic rings. The van der Waals surface area contributed by atoms with Crippen molar-refractivity contribution in [1.82, 2.24) is 4.90 Å². The number of morpholine rings is 1. The summed E-state index contributed by atoms with van der Waals surface area (Å²) in [6.07, 6.45) is 1.07. The monoisotopic (exact) mass is 355 g/mol. The van der Waals surface area contributed by atoms with E-state index in [1.54, 1.807) is 7.11 Å². The summed E-state index contributed by atoms with van der Waals surface area (Å²) in [6.45, 7) is 13.0. The van der Waals surface area contributed by atoms with Gasteiger partial charge in [-0.3, -0.25) is 4.90 Å². The van der Waals surface area contributed by atoms with Crippen LogP contribution < -0.4 is 0 Å². The molecule has 0 bridgehead atoms. The molecule has 0 aromatic carbocycles. The average molecular weight is 355 g/mol. The van der Waals surface area contributed by atoms with Gasteiger partial charge in [0.2, 0.25) is 0 Å². The number of halogens is 1. The minimum atomic E-state index is -0.0421. The van der Waals surface area contributed by atoms with Crippen molar-refractivity contribution in [1.29, 1.82) is 0 Å². The van der Waals surface area contributed by atoms with E-state index in [2.05, 4.69) is 55.2 Å². The van der Waals surface area contributed by atoms with E-state index < -0.39 is 0 Å². The van der Waals surface area contributed by atoms with Gasteiger partial charge in [0, 0.05) is 26.7 Å². The molecule has 102 valence electrons. The lowest BCUT2D eigenvalue weighted by molar-refractivity contribution is -0.0333. The first-order chi connectivity index (χ1) is 7.74. The molecule has 1 rings (SSSR count). The third-order valence-electron chi connectivity index (χ3n) is 3.22. The molecule has 17 heavy (non-hydrogen) atoms. The summed E-state index contributed by atoms with van der Waals surface area (Å²) >= 11 is 2.37. The Bertz CT molecular complexity index is 244. The normalized spacial score (nSPS) is 24.0. The Hall–Kier alpha value is 0.610. The van der Waals surface area contributed by atoms with E-state index in [9.17, 15) is 0 Å². The van der Waals surface area contributed by atoms with Crippen molar-refractivity contribution in [3.63, 3.8) is 0 Å². The molecular weight excluding hydrogens is 329 g/mol. The summed E-state index contributed by atoms with van der Waals surface area (Å²) in [5.74, 6) is 0. The lowest BCUT2D eigenvalue weighted by Crippen LogP contribution is -2.46. The predicted molar refractivity (Wildman–Crippen MR) is 79.7 cm³/mol. The van der Waals surface area contributed by atoms with Crippen LogP contribution in [0.1, 0.15) is 34.1 Å². The van der Waals surface area contributed by atoms with E-state index >= 15 is 0 Å². The average Bonchev–Trinajstić information content (AvgIpc) is 2.15. The summed E-state index contributed by atoms with van der Waals surface area (Å²) in [5, 5.41) is 0. The third-order valence-corrected chi connectivity index (χ3v) is 3.97. The van der Waals surface area contributed by atoms with Gasteiger partial charge < -0.3 is 9.47 Å². The minimum absolute atomic E-state index is 0.0421. The Morgan fingerprint density at radius 1 is 1.35 bits per heavy atom. The summed E-state index contributed by atoms with van der Waals surface area (Å²) in [6, 6.07) is 0. The second-order valence-electron chi connectivity index (χ2n) is 6.32. The molecular formula is C13H26INO2. The van der Waals surface area contributed by atoms with Crippen molar-refractivity contribution in [2.45, 2.75) is 43.8 Å². The van der Waals surface area contributed by atoms with Gasteiger partial charge in [0.25, 0.3) is 0 Å². The molecule has 4 heteroatoms. The van der Waals surface area contributed by atoms with Crippen molar-refractivity contribution >= 4 is 22.6 Å². The van der Waals surface area contributed by atoms with Crippen LogP contribution in [0, 0.1) is 5.41 Å². The minimum Gasteiger partial charge on any atom is -0.379 e. The summed E-state index contributed by atoms with van der Waals surface area (Å²) in [4.78, 5) is 2.51. The predicted octanol–water partition coefficient (Wildman–Crippen LogP) is 2.92. The molecule has 0 radical (unpaired) electrons. The fourth-order valence-electron chi connectivity index (χ4n) is 2.69. The molecule has 1 fully saturated rings. The fraction of sp³-hybridized carbons (Fsp3) is 1.00. The van der Waals surface area contributed by atoms with E-state index in [0.717, 1.165) is 32.7 Å². The maximum atomic E-state index is 5.56. The van der Waals surface area contributed by atoms with Crippen LogP contribution >= 0.6 is 22.6 Å². The maximum Gasteiger partial charge on any atom is 0.121 e. The number of alkyl halides is 1. The van der Waals surface area contributed by atoms with Crippen molar-refractivity contribution < 1.29 is 9.47 Å². The standard InChI is InChI=1S/C13H26INO2/c1-12(2,9-13(3,4)16-5)10-15-6-7-17-11(14)8-15/h11H,6-10H2,1-5H3. The first-order valence-electron chi connectivity index (χ1n) is 6.27. The molecule has 0 aromatic heterocycles. The molecule has 0 aliphatic carbocycles. The highest BCUT2D eigenvalue weighted by Crippen LogP contribution is 2.31. The summed E-state index contributed by atoms with van der Waals surface area (Å²) in [5.41, 5.74) is 0.229. The molecule has 0 aromatic rings. The molecule has 0 saturated carbocycles. The summed E-state index contributed by atoms with van der Waals surface area (Å²) in [7, 11) is 1.80. The van der Waals surface area contributed by atoms with E-state index in [0.29, 0.717) is 4.11 Å². The highest BCUT2D eigenvalue weighted by atomic mass is 127. The number of hydrogen-bond donors (Lipinski definition) is 0. The van der Waals surface area contributed by atoms with Crippen LogP contribution in [0.15, 0.2) is 0 Å². The summed E-state index contributed by atoms with van der Waals surface area (Å²) < 4.78 is 11.4. The third kappa shape index (κ3) is 5.85. The number of ether oxygens (including phenoxy) is 2. The lowest BCUT2D eigenvalue weighted by Gasteiger charge is -2.40. The van der Waals surface area contributed by atoms with Gasteiger partial charge in [0.1, 0.15) is 4.11 Å². The SMILES string of the molecule is COC(C)(C)CC(C)(C)CN1CCOC(I)C1. The molecule has 1 aliphatic heterocycles. The first kappa shape index (κ1) is 15.7. The molecule has 3 nitrogen and oxygen atoms in total. The number of nitrogens with zero attached hydrogens (tertiary/aromatic N) is 1. The molecule has 0 spiro atoms. The van der Waals surface area contributed by atoms with E-state index in [-0.39, 0.29) is 11.0 Å². The second-order valence-corrected chi connectivity index (χ2v) is 7.71. The molecule has 0 N–H and O–H groups in total. The highest BCUT2D eigenvalue weighted by molar-refractivity contribution is 14.1. The highest BCUT2D eigenvalue weighted by Gasteiger charge is 2.31. The number of rotatable bonds is 5. The topological polar surface area (TPSA) is 21.7 Å². The maximum absolute atomic E-state index is 5.56. The van der Waals surface area contributed by atoms with Crippen molar-refractivity contribution in [3.05, 3.63) is 0 Å². The van der Waals surface area contributed by atoms with Crippen LogP contribution in [0.25, 0.3) is 0 Å². The van der Waals surface area contributed by atoms with Gasteiger partial charge in [-0.25, -0.2) is 0 Å². The first-order valence-corrected chi connectivity index (χ1v) is 7.52. The molecule has 1 heterocycles. The van der Waals surface area contributed by atoms with E-state index in [1.165, 1.54) is 0 Å². The van der Waals surface area contributed by atoms with Crippen LogP contribution in [0.5, 0.6) is 0 Å². The Labute approximate surface area is 119 Å². The van der Waals surface area contributed by atoms with E-state index in [1.807, 2.05) is 0 Å². The number of methoxy groups -OCH3 is 1. The molecule has 1 atom stereocenters. The Balaban J connectivity index is 2.47. The van der Waals surface area contributed by atoms with Crippen molar-refractivity contribution in [2.24, 2.45) is 5.41 Å². The Kier molecular flexibility index (Phi) is 5.69. The number of hydrogen-bond acceptors (Lipinski definition) is 3. The van der Waals surface area contributed by atoms with Gasteiger partial charge in [0.15, 0.2) is 0 Å². The van der Waals surface area contributed by atoms with Crippen molar-refractivity contribution in [3.8, 4) is 0 Å². The van der Waals surface area contributed by atoms with Crippen LogP contribution in [0.4, 0.5) is 0 Å². The van der Waals surface area contributed by atoms with Gasteiger partial charge >= 0.3 is 0 Å². The van der Waals surface area contributed by atoms with Crippen molar-refractivity contribution in [2.75, 3.05) is 33.4 Å². The second kappa shape index (κ2) is 6.17. The van der Waals surface area contributed by atoms with Crippen LogP contribution in [-0.2, 0) is 9.47 Å². The molecule has 1 saturated heterocycles. The zero-order valence-electron chi connectivity index (χ0n) is 11.8. The van der Waals surface area contributed by atoms with Crippen LogP contribution in [0.2, 0.25) is 0 Å². The van der Waals surface area contributed by atoms with Crippen LogP contribution in [0.3, 0.4) is 0 Å². The zero-order valence-corrected chi connectivity index (χ0v) is 13.9. The largest absolute Gasteiger partial charge is 0.379 e. The molecule has 0 amide bonds. The lowest BCUT2D eigenvalue weighted by atomic mass is 9.81. The Morgan fingerprint density at radius 3 is 2.53 bits per heavy atom. The fourth-order valence-corrected chi connectivity index (χ4v) is 3.50. The van der Waals surface area contributed by atoms with E-state index in [4.69, 9.17) is 9.47 Å². The Morgan fingerprint density at radius 2 is 2.00 bits per heavy atom. The quantitative estimate of drug-likeness (QED) is 0.559. The van der Waals surface area contributed by atoms with Gasteiger partial charge in [-0.05, 0) is 48.3 Å². The van der Waals surface area contributed by atoms with Gasteiger partial charge in [-0.1, -0.05) is 13.8 Å². The van der Waals surface area contributed by atoms with Gasteiger partial charge in [-0.15, -0.1) is 0 Å². The smallest absolute Gasteiger partial charge is 0.121 e. The van der Waals surface area contributed by atoms with Crippen LogP contribution in [-0.4, -0.2) is 48.0 Å². The molecule has 1 unspecified atom stereocenters. The zero-order chi connectivity index (χ0) is 13.1. The van der Waals surface area contributed by atoms with Gasteiger partial charge in [-0.2, -0.15) is 0 Å².